The van der Waals surface area contributed by atoms with Gasteiger partial charge in [-0.25, -0.2) is 8.42 Å². The molecule has 0 amide bonds. The number of nitrogens with zero attached hydrogens (tertiary/aromatic N) is 2. The molecule has 1 saturated heterocycles. The average Bonchev–Trinajstić information content (AvgIpc) is 3.34. The van der Waals surface area contributed by atoms with Crippen molar-refractivity contribution in [3.63, 3.8) is 0 Å². The van der Waals surface area contributed by atoms with Crippen LogP contribution in [0.15, 0.2) is 41.3 Å². The van der Waals surface area contributed by atoms with Crippen LogP contribution in [0, 0.1) is 0 Å². The van der Waals surface area contributed by atoms with Crippen molar-refractivity contribution in [1.82, 2.24) is 0 Å². The molecular weight excluding hydrogens is 368 g/mol. The Morgan fingerprint density at radius 1 is 0.889 bits per heavy atom. The Kier molecular flexibility index (Phi) is 3.91. The minimum atomic E-state index is -3.65. The van der Waals surface area contributed by atoms with Gasteiger partial charge in [0.1, 0.15) is 0 Å². The number of anilines is 2. The Labute approximate surface area is 158 Å². The van der Waals surface area contributed by atoms with Crippen LogP contribution in [0.5, 0.6) is 11.5 Å². The summed E-state index contributed by atoms with van der Waals surface area (Å²) >= 11 is 0. The molecule has 27 heavy (non-hydrogen) atoms. The monoisotopic (exact) mass is 388 g/mol. The molecule has 2 aromatic rings. The Balaban J connectivity index is 1.46. The largest absolute Gasteiger partial charge is 0.454 e. The first-order valence-corrected chi connectivity index (χ1v) is 10.4. The van der Waals surface area contributed by atoms with Gasteiger partial charge >= 0.3 is 0 Å². The Morgan fingerprint density at radius 3 is 2.56 bits per heavy atom. The van der Waals surface area contributed by atoms with Gasteiger partial charge in [0.05, 0.1) is 23.8 Å². The van der Waals surface area contributed by atoms with Crippen molar-refractivity contribution in [2.45, 2.75) is 11.3 Å². The predicted octanol–water partition coefficient (Wildman–Crippen LogP) is 2.00. The van der Waals surface area contributed by atoms with Gasteiger partial charge in [-0.15, -0.1) is 0 Å². The van der Waals surface area contributed by atoms with Crippen LogP contribution in [-0.4, -0.2) is 48.1 Å². The van der Waals surface area contributed by atoms with Gasteiger partial charge < -0.3 is 19.1 Å². The fourth-order valence-electron chi connectivity index (χ4n) is 3.79. The van der Waals surface area contributed by atoms with E-state index in [2.05, 4.69) is 11.0 Å². The number of hydrogen-bond acceptors (Lipinski definition) is 6. The Hall–Kier alpha value is -2.45. The zero-order valence-electron chi connectivity index (χ0n) is 14.8. The highest BCUT2D eigenvalue weighted by atomic mass is 32.2. The van der Waals surface area contributed by atoms with Crippen molar-refractivity contribution in [1.29, 1.82) is 0 Å². The highest BCUT2D eigenvalue weighted by Crippen LogP contribution is 2.38. The SMILES string of the molecule is O=S(=O)(c1ccc2c(c1)OCO2)N1CCc2cc(N3CCOCC3)ccc21. The molecule has 0 spiro atoms. The Morgan fingerprint density at radius 2 is 1.70 bits per heavy atom. The first-order chi connectivity index (χ1) is 13.1. The van der Waals surface area contributed by atoms with Gasteiger partial charge in [0.25, 0.3) is 10.0 Å². The lowest BCUT2D eigenvalue weighted by Crippen LogP contribution is -2.36. The number of fused-ring (bicyclic) bond motifs is 2. The molecule has 2 aromatic carbocycles. The zero-order valence-corrected chi connectivity index (χ0v) is 15.6. The molecule has 3 heterocycles. The summed E-state index contributed by atoms with van der Waals surface area (Å²) in [5.41, 5.74) is 2.94. The van der Waals surface area contributed by atoms with Gasteiger partial charge in [-0.2, -0.15) is 0 Å². The Bertz CT molecular complexity index is 986. The lowest BCUT2D eigenvalue weighted by atomic mass is 10.1. The highest BCUT2D eigenvalue weighted by molar-refractivity contribution is 7.92. The molecule has 3 aliphatic rings. The molecule has 0 bridgehead atoms. The second kappa shape index (κ2) is 6.31. The summed E-state index contributed by atoms with van der Waals surface area (Å²) in [6.45, 7) is 3.73. The molecule has 0 saturated carbocycles. The van der Waals surface area contributed by atoms with Gasteiger partial charge in [0, 0.05) is 31.4 Å². The quantitative estimate of drug-likeness (QED) is 0.801. The van der Waals surface area contributed by atoms with Gasteiger partial charge in [-0.3, -0.25) is 4.31 Å². The van der Waals surface area contributed by atoms with E-state index in [1.165, 1.54) is 10.4 Å². The zero-order chi connectivity index (χ0) is 18.4. The number of rotatable bonds is 3. The summed E-state index contributed by atoms with van der Waals surface area (Å²) in [4.78, 5) is 2.50. The summed E-state index contributed by atoms with van der Waals surface area (Å²) in [5.74, 6) is 1.05. The highest BCUT2D eigenvalue weighted by Gasteiger charge is 2.32. The van der Waals surface area contributed by atoms with Crippen LogP contribution in [0.2, 0.25) is 0 Å². The third-order valence-corrected chi connectivity index (χ3v) is 7.03. The van der Waals surface area contributed by atoms with Crippen molar-refractivity contribution in [2.75, 3.05) is 48.8 Å². The molecule has 142 valence electrons. The second-order valence-electron chi connectivity index (χ2n) is 6.75. The lowest BCUT2D eigenvalue weighted by molar-refractivity contribution is 0.122. The van der Waals surface area contributed by atoms with Crippen molar-refractivity contribution < 1.29 is 22.6 Å². The van der Waals surface area contributed by atoms with Crippen LogP contribution >= 0.6 is 0 Å². The normalized spacial score (nSPS) is 18.7. The van der Waals surface area contributed by atoms with E-state index in [0.717, 1.165) is 43.2 Å². The van der Waals surface area contributed by atoms with Crippen molar-refractivity contribution in [3.8, 4) is 11.5 Å². The van der Waals surface area contributed by atoms with Crippen molar-refractivity contribution >= 4 is 21.4 Å². The summed E-state index contributed by atoms with van der Waals surface area (Å²) in [7, 11) is -3.65. The van der Waals surface area contributed by atoms with Crippen LogP contribution in [0.4, 0.5) is 11.4 Å². The summed E-state index contributed by atoms with van der Waals surface area (Å²) in [5, 5.41) is 0. The number of hydrogen-bond donors (Lipinski definition) is 0. The van der Waals surface area contributed by atoms with Crippen LogP contribution in [-0.2, 0) is 21.2 Å². The van der Waals surface area contributed by atoms with Gasteiger partial charge in [-0.05, 0) is 42.3 Å². The molecule has 0 radical (unpaired) electrons. The second-order valence-corrected chi connectivity index (χ2v) is 8.62. The molecule has 7 nitrogen and oxygen atoms in total. The van der Waals surface area contributed by atoms with E-state index in [4.69, 9.17) is 14.2 Å². The van der Waals surface area contributed by atoms with E-state index in [1.54, 1.807) is 12.1 Å². The van der Waals surface area contributed by atoms with Crippen molar-refractivity contribution in [3.05, 3.63) is 42.0 Å². The topological polar surface area (TPSA) is 68.3 Å². The van der Waals surface area contributed by atoms with E-state index >= 15 is 0 Å². The maximum absolute atomic E-state index is 13.2. The van der Waals surface area contributed by atoms with Gasteiger partial charge in [-0.1, -0.05) is 0 Å². The van der Waals surface area contributed by atoms with E-state index < -0.39 is 10.0 Å². The molecule has 5 rings (SSSR count). The first kappa shape index (κ1) is 16.7. The molecule has 3 aliphatic heterocycles. The molecule has 0 aromatic heterocycles. The number of sulfonamides is 1. The summed E-state index contributed by atoms with van der Waals surface area (Å²) in [6.07, 6.45) is 0.706. The molecule has 0 unspecified atom stereocenters. The third kappa shape index (κ3) is 2.80. The van der Waals surface area contributed by atoms with Crippen LogP contribution < -0.4 is 18.7 Å². The smallest absolute Gasteiger partial charge is 0.264 e. The summed E-state index contributed by atoms with van der Waals surface area (Å²) in [6, 6.07) is 10.8. The van der Waals surface area contributed by atoms with Crippen LogP contribution in [0.25, 0.3) is 0 Å². The van der Waals surface area contributed by atoms with Crippen LogP contribution in [0.3, 0.4) is 0 Å². The molecule has 0 atom stereocenters. The van der Waals surface area contributed by atoms with Gasteiger partial charge in [0.2, 0.25) is 6.79 Å². The number of benzene rings is 2. The third-order valence-electron chi connectivity index (χ3n) is 5.22. The first-order valence-electron chi connectivity index (χ1n) is 9.01. The standard InChI is InChI=1S/C19H20N2O5S/c22-27(23,16-2-4-18-19(12-16)26-13-25-18)21-6-5-14-11-15(1-3-17(14)21)20-7-9-24-10-8-20/h1-4,11-12H,5-10,13H2. The van der Waals surface area contributed by atoms with E-state index in [-0.39, 0.29) is 11.7 Å². The van der Waals surface area contributed by atoms with E-state index in [1.807, 2.05) is 12.1 Å². The molecule has 0 N–H and O–H groups in total. The predicted molar refractivity (Wildman–Crippen MR) is 100 cm³/mol. The lowest BCUT2D eigenvalue weighted by Gasteiger charge is -2.29. The van der Waals surface area contributed by atoms with E-state index in [0.29, 0.717) is 24.5 Å². The maximum atomic E-state index is 13.2. The number of morpholine rings is 1. The average molecular weight is 388 g/mol. The maximum Gasteiger partial charge on any atom is 0.264 e. The van der Waals surface area contributed by atoms with Gasteiger partial charge in [0.15, 0.2) is 11.5 Å². The minimum Gasteiger partial charge on any atom is -0.454 e. The van der Waals surface area contributed by atoms with Crippen molar-refractivity contribution in [2.24, 2.45) is 0 Å². The summed E-state index contributed by atoms with van der Waals surface area (Å²) < 4.78 is 43.9. The molecule has 0 aliphatic carbocycles. The fraction of sp³-hybridized carbons (Fsp3) is 0.368. The molecule has 1 fully saturated rings. The molecular formula is C19H20N2O5S. The minimum absolute atomic E-state index is 0.121. The van der Waals surface area contributed by atoms with E-state index in [9.17, 15) is 8.42 Å². The fourth-order valence-corrected chi connectivity index (χ4v) is 5.31. The van der Waals surface area contributed by atoms with Crippen LogP contribution in [0.1, 0.15) is 5.56 Å². The number of ether oxygens (including phenoxy) is 3. The molecule has 8 heteroatoms.